The van der Waals surface area contributed by atoms with E-state index in [1.54, 1.807) is 7.11 Å². The van der Waals surface area contributed by atoms with Crippen molar-refractivity contribution in [1.29, 1.82) is 0 Å². The van der Waals surface area contributed by atoms with Crippen molar-refractivity contribution in [3.63, 3.8) is 0 Å². The van der Waals surface area contributed by atoms with Crippen LogP contribution in [0.5, 0.6) is 5.75 Å². The summed E-state index contributed by atoms with van der Waals surface area (Å²) in [7, 11) is 1.57. The van der Waals surface area contributed by atoms with Crippen molar-refractivity contribution in [2.45, 2.75) is 5.92 Å². The van der Waals surface area contributed by atoms with Gasteiger partial charge in [-0.1, -0.05) is 28.4 Å². The topological polar surface area (TPSA) is 107 Å². The third-order valence-electron chi connectivity index (χ3n) is 2.31. The molecule has 17 heavy (non-hydrogen) atoms. The molecule has 7 nitrogen and oxygen atoms in total. The molecule has 0 aliphatic heterocycles. The second-order valence-corrected chi connectivity index (χ2v) is 3.27. The van der Waals surface area contributed by atoms with E-state index in [0.717, 1.165) is 5.56 Å². The standard InChI is InChI=1S/C10H12N6O/c1-17-10-5-3-2-4-9(10)8(6-13-15-11)7-14-16-12/h2-5,8H,6-7H2,1H3. The predicted octanol–water partition coefficient (Wildman–Crippen LogP) is 3.40. The molecule has 1 rings (SSSR count). The van der Waals surface area contributed by atoms with E-state index in [1.165, 1.54) is 0 Å². The first-order chi connectivity index (χ1) is 8.33. The summed E-state index contributed by atoms with van der Waals surface area (Å²) in [5.41, 5.74) is 17.5. The Morgan fingerprint density at radius 1 is 1.18 bits per heavy atom. The van der Waals surface area contributed by atoms with E-state index in [0.29, 0.717) is 5.75 Å². The third kappa shape index (κ3) is 3.61. The van der Waals surface area contributed by atoms with Gasteiger partial charge in [0.25, 0.3) is 0 Å². The number of nitrogens with zero attached hydrogens (tertiary/aromatic N) is 6. The number of hydrogen-bond acceptors (Lipinski definition) is 3. The lowest BCUT2D eigenvalue weighted by Gasteiger charge is -2.15. The first-order valence-electron chi connectivity index (χ1n) is 4.98. The molecule has 0 aromatic heterocycles. The normalized spacial score (nSPS) is 10.9. The molecule has 0 bridgehead atoms. The fourth-order valence-electron chi connectivity index (χ4n) is 1.53. The molecule has 0 fully saturated rings. The van der Waals surface area contributed by atoms with Crippen molar-refractivity contribution in [2.24, 2.45) is 10.2 Å². The highest BCUT2D eigenvalue weighted by molar-refractivity contribution is 5.36. The summed E-state index contributed by atoms with van der Waals surface area (Å²) in [5.74, 6) is 0.525. The summed E-state index contributed by atoms with van der Waals surface area (Å²) in [4.78, 5) is 5.43. The van der Waals surface area contributed by atoms with Crippen LogP contribution in [-0.4, -0.2) is 20.2 Å². The van der Waals surface area contributed by atoms with Gasteiger partial charge in [-0.15, -0.1) is 0 Å². The zero-order chi connectivity index (χ0) is 12.5. The van der Waals surface area contributed by atoms with E-state index >= 15 is 0 Å². The summed E-state index contributed by atoms with van der Waals surface area (Å²) in [6, 6.07) is 7.38. The smallest absolute Gasteiger partial charge is 0.122 e. The second-order valence-electron chi connectivity index (χ2n) is 3.27. The van der Waals surface area contributed by atoms with Crippen LogP contribution in [0, 0.1) is 0 Å². The lowest BCUT2D eigenvalue weighted by Crippen LogP contribution is -2.07. The van der Waals surface area contributed by atoms with Gasteiger partial charge < -0.3 is 4.74 Å². The highest BCUT2D eigenvalue weighted by Crippen LogP contribution is 2.27. The largest absolute Gasteiger partial charge is 0.496 e. The van der Waals surface area contributed by atoms with E-state index in [9.17, 15) is 0 Å². The number of hydrogen-bond donors (Lipinski definition) is 0. The van der Waals surface area contributed by atoms with Crippen molar-refractivity contribution >= 4 is 0 Å². The molecule has 0 saturated carbocycles. The molecular formula is C10H12N6O. The number of methoxy groups -OCH3 is 1. The fourth-order valence-corrected chi connectivity index (χ4v) is 1.53. The molecule has 0 spiro atoms. The molecule has 88 valence electrons. The van der Waals surface area contributed by atoms with Crippen LogP contribution in [0.25, 0.3) is 20.9 Å². The summed E-state index contributed by atoms with van der Waals surface area (Å²) < 4.78 is 5.22. The van der Waals surface area contributed by atoms with E-state index in [2.05, 4.69) is 20.1 Å². The maximum atomic E-state index is 8.34. The van der Waals surface area contributed by atoms with Gasteiger partial charge in [0, 0.05) is 22.9 Å². The number of rotatable bonds is 6. The maximum Gasteiger partial charge on any atom is 0.122 e. The van der Waals surface area contributed by atoms with Gasteiger partial charge in [-0.25, -0.2) is 0 Å². The molecule has 1 aromatic carbocycles. The van der Waals surface area contributed by atoms with Crippen molar-refractivity contribution in [1.82, 2.24) is 0 Å². The Hall–Kier alpha value is -2.36. The maximum absolute atomic E-state index is 8.34. The van der Waals surface area contributed by atoms with Crippen LogP contribution in [0.2, 0.25) is 0 Å². The lowest BCUT2D eigenvalue weighted by atomic mass is 9.98. The Morgan fingerprint density at radius 2 is 1.76 bits per heavy atom. The Kier molecular flexibility index (Phi) is 5.24. The third-order valence-corrected chi connectivity index (χ3v) is 2.31. The van der Waals surface area contributed by atoms with E-state index in [1.807, 2.05) is 24.3 Å². The van der Waals surface area contributed by atoms with E-state index in [-0.39, 0.29) is 19.0 Å². The van der Waals surface area contributed by atoms with Gasteiger partial charge in [-0.2, -0.15) is 0 Å². The molecule has 7 heteroatoms. The summed E-state index contributed by atoms with van der Waals surface area (Å²) in [5, 5.41) is 7.04. The van der Waals surface area contributed by atoms with E-state index in [4.69, 9.17) is 15.8 Å². The minimum absolute atomic E-state index is 0.169. The summed E-state index contributed by atoms with van der Waals surface area (Å²) in [6.07, 6.45) is 0. The van der Waals surface area contributed by atoms with Crippen LogP contribution >= 0.6 is 0 Å². The highest BCUT2D eigenvalue weighted by atomic mass is 16.5. The Bertz CT molecular complexity index is 442. The fraction of sp³-hybridized carbons (Fsp3) is 0.400. The number of ether oxygens (including phenoxy) is 1. The Labute approximate surface area is 98.3 Å². The van der Waals surface area contributed by atoms with Crippen LogP contribution in [0.15, 0.2) is 34.5 Å². The number of azide groups is 2. The summed E-state index contributed by atoms with van der Waals surface area (Å²) in [6.45, 7) is 0.464. The molecule has 0 aliphatic rings. The van der Waals surface area contributed by atoms with Crippen LogP contribution in [0.3, 0.4) is 0 Å². The quantitative estimate of drug-likeness (QED) is 0.418. The zero-order valence-corrected chi connectivity index (χ0v) is 9.39. The minimum atomic E-state index is -0.169. The van der Waals surface area contributed by atoms with Crippen molar-refractivity contribution < 1.29 is 4.74 Å². The second kappa shape index (κ2) is 7.00. The Balaban J connectivity index is 3.01. The van der Waals surface area contributed by atoms with Gasteiger partial charge in [0.1, 0.15) is 5.75 Å². The van der Waals surface area contributed by atoms with Gasteiger partial charge >= 0.3 is 0 Å². The van der Waals surface area contributed by atoms with Crippen LogP contribution < -0.4 is 4.74 Å². The first-order valence-corrected chi connectivity index (χ1v) is 4.98. The van der Waals surface area contributed by atoms with Crippen molar-refractivity contribution in [3.8, 4) is 5.75 Å². The van der Waals surface area contributed by atoms with Crippen LogP contribution in [-0.2, 0) is 0 Å². The van der Waals surface area contributed by atoms with Gasteiger partial charge in [0.15, 0.2) is 0 Å². The number of para-hydroxylation sites is 1. The van der Waals surface area contributed by atoms with E-state index < -0.39 is 0 Å². The molecule has 0 saturated heterocycles. The number of benzene rings is 1. The lowest BCUT2D eigenvalue weighted by molar-refractivity contribution is 0.405. The molecule has 0 aliphatic carbocycles. The molecule has 0 unspecified atom stereocenters. The molecular weight excluding hydrogens is 220 g/mol. The van der Waals surface area contributed by atoms with Gasteiger partial charge in [0.2, 0.25) is 0 Å². The molecule has 0 amide bonds. The van der Waals surface area contributed by atoms with Crippen LogP contribution in [0.4, 0.5) is 0 Å². The highest BCUT2D eigenvalue weighted by Gasteiger charge is 2.14. The van der Waals surface area contributed by atoms with Crippen molar-refractivity contribution in [3.05, 3.63) is 50.7 Å². The monoisotopic (exact) mass is 232 g/mol. The average molecular weight is 232 g/mol. The molecule has 0 N–H and O–H groups in total. The average Bonchev–Trinajstić information content (AvgIpc) is 2.39. The van der Waals surface area contributed by atoms with Gasteiger partial charge in [0.05, 0.1) is 7.11 Å². The Morgan fingerprint density at radius 3 is 2.29 bits per heavy atom. The molecule has 0 heterocycles. The first kappa shape index (κ1) is 12.7. The molecule has 0 radical (unpaired) electrons. The van der Waals surface area contributed by atoms with Gasteiger partial charge in [-0.3, -0.25) is 0 Å². The zero-order valence-electron chi connectivity index (χ0n) is 9.39. The molecule has 1 aromatic rings. The van der Waals surface area contributed by atoms with Crippen molar-refractivity contribution in [2.75, 3.05) is 20.2 Å². The predicted molar refractivity (Wildman–Crippen MR) is 63.8 cm³/mol. The van der Waals surface area contributed by atoms with Gasteiger partial charge in [-0.05, 0) is 28.6 Å². The van der Waals surface area contributed by atoms with Crippen LogP contribution in [0.1, 0.15) is 11.5 Å². The SMILES string of the molecule is COc1ccccc1C(CN=[N+]=[N-])CN=[N+]=[N-]. The molecule has 0 atom stereocenters. The summed E-state index contributed by atoms with van der Waals surface area (Å²) >= 11 is 0. The minimum Gasteiger partial charge on any atom is -0.496 e.